The van der Waals surface area contributed by atoms with Gasteiger partial charge in [0.25, 0.3) is 10.0 Å². The van der Waals surface area contributed by atoms with E-state index >= 15 is 0 Å². The summed E-state index contributed by atoms with van der Waals surface area (Å²) in [7, 11) is 0.0733. The van der Waals surface area contributed by atoms with Crippen molar-refractivity contribution in [3.8, 4) is 0 Å². The molecule has 0 spiro atoms. The predicted molar refractivity (Wildman–Crippen MR) is 126 cm³/mol. The van der Waals surface area contributed by atoms with Crippen molar-refractivity contribution in [2.45, 2.75) is 24.9 Å². The molecule has 13 heteroatoms. The fourth-order valence-electron chi connectivity index (χ4n) is 2.72. The number of aliphatic carboxylic acids is 1. The van der Waals surface area contributed by atoms with Crippen LogP contribution in [-0.2, 0) is 14.8 Å². The van der Waals surface area contributed by atoms with E-state index in [4.69, 9.17) is 9.90 Å². The van der Waals surface area contributed by atoms with Crippen molar-refractivity contribution in [3.05, 3.63) is 53.6 Å². The minimum absolute atomic E-state index is 0.0222. The highest BCUT2D eigenvalue weighted by Gasteiger charge is 2.38. The molecule has 2 rings (SSSR count). The van der Waals surface area contributed by atoms with Gasteiger partial charge in [-0.15, -0.1) is 0 Å². The third-order valence-electron chi connectivity index (χ3n) is 4.60. The van der Waals surface area contributed by atoms with E-state index in [2.05, 4.69) is 4.72 Å². The highest BCUT2D eigenvalue weighted by Crippen LogP contribution is 2.30. The first kappa shape index (κ1) is 29.7. The fourth-order valence-corrected chi connectivity index (χ4v) is 3.78. The third-order valence-corrected chi connectivity index (χ3v) is 5.98. The van der Waals surface area contributed by atoms with E-state index in [-0.39, 0.29) is 16.1 Å². The Labute approximate surface area is 201 Å². The predicted octanol–water partition coefficient (Wildman–Crippen LogP) is 3.52. The molecular formula is C22H28F3N3O6S. The summed E-state index contributed by atoms with van der Waals surface area (Å²) in [4.78, 5) is 24.5. The van der Waals surface area contributed by atoms with E-state index < -0.39 is 28.1 Å². The van der Waals surface area contributed by atoms with E-state index in [1.165, 1.54) is 24.3 Å². The second-order valence-corrected chi connectivity index (χ2v) is 9.32. The summed E-state index contributed by atoms with van der Waals surface area (Å²) in [6, 6.07) is 11.0. The van der Waals surface area contributed by atoms with Crippen LogP contribution in [0.15, 0.2) is 47.4 Å². The molecule has 0 amide bonds. The number of rotatable bonds is 9. The number of carboxylic acid groups (broad SMARTS) is 2. The average molecular weight is 520 g/mol. The molecule has 9 nitrogen and oxygen atoms in total. The minimum atomic E-state index is -5.08. The number of likely N-dealkylation sites (N-methyl/N-ethyl adjacent to an activating group) is 2. The number of hydrogen-bond donors (Lipinski definition) is 3. The lowest BCUT2D eigenvalue weighted by atomic mass is 10.1. The Kier molecular flexibility index (Phi) is 10.5. The number of hydrogen-bond acceptors (Lipinski definition) is 6. The van der Waals surface area contributed by atoms with E-state index in [9.17, 15) is 31.5 Å². The Bertz CT molecular complexity index is 1120. The molecule has 0 saturated carbocycles. The Balaban J connectivity index is 0.000000762. The fraction of sp³-hybridized carbons (Fsp3) is 0.364. The summed E-state index contributed by atoms with van der Waals surface area (Å²) < 4.78 is 60.0. The number of nitrogens with one attached hydrogen (secondary N) is 1. The van der Waals surface area contributed by atoms with E-state index in [1.807, 2.05) is 37.7 Å². The summed E-state index contributed by atoms with van der Waals surface area (Å²) >= 11 is 0. The van der Waals surface area contributed by atoms with E-state index in [0.717, 1.165) is 12.1 Å². The molecule has 194 valence electrons. The number of aromatic carboxylic acids is 1. The van der Waals surface area contributed by atoms with Crippen molar-refractivity contribution < 1.29 is 41.4 Å². The van der Waals surface area contributed by atoms with Crippen LogP contribution in [0.1, 0.15) is 22.8 Å². The molecule has 0 aliphatic rings. The van der Waals surface area contributed by atoms with Gasteiger partial charge in [0.2, 0.25) is 0 Å². The number of alkyl halides is 3. The smallest absolute Gasteiger partial charge is 0.478 e. The highest BCUT2D eigenvalue weighted by molar-refractivity contribution is 7.92. The van der Waals surface area contributed by atoms with Gasteiger partial charge in [0.05, 0.1) is 21.8 Å². The molecule has 2 aromatic rings. The van der Waals surface area contributed by atoms with Crippen LogP contribution in [0.25, 0.3) is 0 Å². The van der Waals surface area contributed by atoms with Crippen LogP contribution in [0.3, 0.4) is 0 Å². The van der Waals surface area contributed by atoms with Gasteiger partial charge in [-0.2, -0.15) is 13.2 Å². The van der Waals surface area contributed by atoms with Crippen LogP contribution in [-0.4, -0.2) is 75.4 Å². The van der Waals surface area contributed by atoms with Crippen molar-refractivity contribution in [1.82, 2.24) is 4.90 Å². The van der Waals surface area contributed by atoms with Crippen LogP contribution >= 0.6 is 0 Å². The molecule has 0 aliphatic heterocycles. The molecule has 0 aliphatic carbocycles. The molecule has 0 radical (unpaired) electrons. The number of carboxylic acids is 2. The lowest BCUT2D eigenvalue weighted by molar-refractivity contribution is -0.192. The Morgan fingerprint density at radius 3 is 1.97 bits per heavy atom. The van der Waals surface area contributed by atoms with Crippen LogP contribution in [0, 0.1) is 6.92 Å². The monoisotopic (exact) mass is 519 g/mol. The number of benzene rings is 2. The molecule has 0 aromatic heterocycles. The first-order valence-corrected chi connectivity index (χ1v) is 11.7. The first-order chi connectivity index (χ1) is 16.1. The third kappa shape index (κ3) is 9.45. The number of halogens is 3. The van der Waals surface area contributed by atoms with Gasteiger partial charge < -0.3 is 20.0 Å². The Morgan fingerprint density at radius 2 is 1.54 bits per heavy atom. The van der Waals surface area contributed by atoms with Gasteiger partial charge >= 0.3 is 18.1 Å². The standard InChI is InChI=1S/C20H27N3O4S.C2HF3O2/c1-5-23(13-12-22(3)4)19-11-8-16(20(24)25)14-18(19)21-28(26,27)17-9-6-15(2)7-10-17;3-2(4,5)1(6)7/h6-11,14,21H,5,12-13H2,1-4H3,(H,24,25);(H,6,7). The molecule has 35 heavy (non-hydrogen) atoms. The topological polar surface area (TPSA) is 127 Å². The maximum atomic E-state index is 12.8. The average Bonchev–Trinajstić information content (AvgIpc) is 2.74. The lowest BCUT2D eigenvalue weighted by Crippen LogP contribution is -2.32. The van der Waals surface area contributed by atoms with Crippen LogP contribution in [0.2, 0.25) is 0 Å². The zero-order valence-corrected chi connectivity index (χ0v) is 20.4. The molecule has 3 N–H and O–H groups in total. The summed E-state index contributed by atoms with van der Waals surface area (Å²) in [5, 5.41) is 16.4. The van der Waals surface area contributed by atoms with Gasteiger partial charge in [-0.05, 0) is 58.3 Å². The van der Waals surface area contributed by atoms with Gasteiger partial charge in [-0.25, -0.2) is 18.0 Å². The molecule has 0 heterocycles. The van der Waals surface area contributed by atoms with Crippen molar-refractivity contribution >= 4 is 33.3 Å². The number of aryl methyl sites for hydroxylation is 1. The molecule has 0 bridgehead atoms. The van der Waals surface area contributed by atoms with Crippen LogP contribution < -0.4 is 9.62 Å². The van der Waals surface area contributed by atoms with E-state index in [1.54, 1.807) is 18.2 Å². The molecule has 0 fully saturated rings. The molecule has 0 saturated heterocycles. The van der Waals surface area contributed by atoms with Gasteiger partial charge in [0.1, 0.15) is 0 Å². The molecular weight excluding hydrogens is 491 g/mol. The lowest BCUT2D eigenvalue weighted by Gasteiger charge is -2.27. The number of sulfonamides is 1. The van der Waals surface area contributed by atoms with Gasteiger partial charge in [0, 0.05) is 19.6 Å². The Morgan fingerprint density at radius 1 is 1.00 bits per heavy atom. The van der Waals surface area contributed by atoms with Gasteiger partial charge in [-0.1, -0.05) is 17.7 Å². The Hall–Kier alpha value is -3.32. The van der Waals surface area contributed by atoms with E-state index in [0.29, 0.717) is 18.8 Å². The van der Waals surface area contributed by atoms with Crippen molar-refractivity contribution in [3.63, 3.8) is 0 Å². The maximum Gasteiger partial charge on any atom is 0.490 e. The SMILES string of the molecule is CCN(CCN(C)C)c1ccc(C(=O)O)cc1NS(=O)(=O)c1ccc(C)cc1.O=C(O)C(F)(F)F. The summed E-state index contributed by atoms with van der Waals surface area (Å²) in [5.41, 5.74) is 1.87. The van der Waals surface area contributed by atoms with Gasteiger partial charge in [-0.3, -0.25) is 4.72 Å². The summed E-state index contributed by atoms with van der Waals surface area (Å²) in [5.74, 6) is -3.87. The largest absolute Gasteiger partial charge is 0.490 e. The first-order valence-electron chi connectivity index (χ1n) is 10.2. The second-order valence-electron chi connectivity index (χ2n) is 7.64. The second kappa shape index (κ2) is 12.4. The number of anilines is 2. The summed E-state index contributed by atoms with van der Waals surface area (Å²) in [6.45, 7) is 5.95. The van der Waals surface area contributed by atoms with Crippen molar-refractivity contribution in [1.29, 1.82) is 0 Å². The van der Waals surface area contributed by atoms with Crippen molar-refractivity contribution in [2.24, 2.45) is 0 Å². The summed E-state index contributed by atoms with van der Waals surface area (Å²) in [6.07, 6.45) is -5.08. The number of nitrogens with zero attached hydrogens (tertiary/aromatic N) is 2. The number of carbonyl (C=O) groups is 2. The maximum absolute atomic E-state index is 12.8. The highest BCUT2D eigenvalue weighted by atomic mass is 32.2. The zero-order valence-electron chi connectivity index (χ0n) is 19.6. The molecule has 0 atom stereocenters. The normalized spacial score (nSPS) is 11.4. The van der Waals surface area contributed by atoms with Crippen molar-refractivity contribution in [2.75, 3.05) is 43.4 Å². The minimum Gasteiger partial charge on any atom is -0.478 e. The molecule has 0 unspecified atom stereocenters. The zero-order chi connectivity index (χ0) is 27.0. The van der Waals surface area contributed by atoms with Crippen LogP contribution in [0.4, 0.5) is 24.5 Å². The van der Waals surface area contributed by atoms with Crippen LogP contribution in [0.5, 0.6) is 0 Å². The van der Waals surface area contributed by atoms with Gasteiger partial charge in [0.15, 0.2) is 0 Å². The molecule has 2 aromatic carbocycles. The quantitative estimate of drug-likeness (QED) is 0.459.